The van der Waals surface area contributed by atoms with Crippen LogP contribution in [0, 0.1) is 0 Å². The molecular formula is C17H25NO. The van der Waals surface area contributed by atoms with Gasteiger partial charge in [0.25, 0.3) is 0 Å². The maximum Gasteiger partial charge on any atom is 0.0764 e. The predicted octanol–water partition coefficient (Wildman–Crippen LogP) is 3.00. The van der Waals surface area contributed by atoms with E-state index in [-0.39, 0.29) is 11.6 Å². The second-order valence-corrected chi connectivity index (χ2v) is 6.21. The van der Waals surface area contributed by atoms with Gasteiger partial charge >= 0.3 is 0 Å². The highest BCUT2D eigenvalue weighted by Crippen LogP contribution is 2.40. The summed E-state index contributed by atoms with van der Waals surface area (Å²) in [5.41, 5.74) is 1.34. The maximum atomic E-state index is 10.9. The van der Waals surface area contributed by atoms with Gasteiger partial charge in [-0.15, -0.1) is 0 Å². The van der Waals surface area contributed by atoms with Gasteiger partial charge in [-0.3, -0.25) is 4.90 Å². The maximum absolute atomic E-state index is 10.9. The van der Waals surface area contributed by atoms with Gasteiger partial charge in [0, 0.05) is 12.0 Å². The average Bonchev–Trinajstić information content (AvgIpc) is 3.12. The molecule has 1 N–H and O–H groups in total. The molecule has 3 rings (SSSR count). The topological polar surface area (TPSA) is 23.5 Å². The van der Waals surface area contributed by atoms with Crippen molar-refractivity contribution < 1.29 is 5.11 Å². The number of rotatable bonds is 4. The van der Waals surface area contributed by atoms with Crippen molar-refractivity contribution in [1.29, 1.82) is 0 Å². The minimum Gasteiger partial charge on any atom is -0.391 e. The molecule has 19 heavy (non-hydrogen) atoms. The first kappa shape index (κ1) is 13.1. The number of hydrogen-bond acceptors (Lipinski definition) is 2. The quantitative estimate of drug-likeness (QED) is 0.898. The fraction of sp³-hybridized carbons (Fsp3) is 0.647. The zero-order valence-electron chi connectivity index (χ0n) is 11.7. The third-order valence-electron chi connectivity index (χ3n) is 5.10. The van der Waals surface area contributed by atoms with Crippen LogP contribution in [0.3, 0.4) is 0 Å². The minimum absolute atomic E-state index is 0.0757. The van der Waals surface area contributed by atoms with Crippen LogP contribution in [0.2, 0.25) is 0 Å². The van der Waals surface area contributed by atoms with Crippen LogP contribution in [0.4, 0.5) is 0 Å². The van der Waals surface area contributed by atoms with Gasteiger partial charge in [-0.2, -0.15) is 0 Å². The largest absolute Gasteiger partial charge is 0.391 e. The molecular weight excluding hydrogens is 234 g/mol. The Morgan fingerprint density at radius 1 is 1.00 bits per heavy atom. The summed E-state index contributed by atoms with van der Waals surface area (Å²) in [6, 6.07) is 10.5. The van der Waals surface area contributed by atoms with Crippen LogP contribution in [0.1, 0.15) is 44.1 Å². The fourth-order valence-corrected chi connectivity index (χ4v) is 4.04. The van der Waals surface area contributed by atoms with Crippen LogP contribution < -0.4 is 0 Å². The highest BCUT2D eigenvalue weighted by atomic mass is 16.3. The summed E-state index contributed by atoms with van der Waals surface area (Å²) < 4.78 is 0. The summed E-state index contributed by atoms with van der Waals surface area (Å²) in [5.74, 6) is 0. The summed E-state index contributed by atoms with van der Waals surface area (Å²) in [6.45, 7) is 2.37. The number of aliphatic hydroxyl groups excluding tert-OH is 1. The van der Waals surface area contributed by atoms with Gasteiger partial charge < -0.3 is 5.11 Å². The zero-order chi connectivity index (χ0) is 13.1. The molecule has 0 bridgehead atoms. The number of nitrogens with zero attached hydrogens (tertiary/aromatic N) is 1. The van der Waals surface area contributed by atoms with E-state index in [0.717, 1.165) is 6.42 Å². The lowest BCUT2D eigenvalue weighted by Gasteiger charge is -2.42. The molecule has 0 spiro atoms. The number of benzene rings is 1. The van der Waals surface area contributed by atoms with Crippen LogP contribution in [-0.4, -0.2) is 34.7 Å². The van der Waals surface area contributed by atoms with Crippen molar-refractivity contribution in [1.82, 2.24) is 4.90 Å². The third kappa shape index (κ3) is 2.56. The van der Waals surface area contributed by atoms with Gasteiger partial charge in [0.05, 0.1) is 6.10 Å². The molecule has 1 unspecified atom stereocenters. The van der Waals surface area contributed by atoms with Crippen molar-refractivity contribution in [3.63, 3.8) is 0 Å². The first-order chi connectivity index (χ1) is 9.31. The van der Waals surface area contributed by atoms with E-state index >= 15 is 0 Å². The molecule has 1 aliphatic heterocycles. The summed E-state index contributed by atoms with van der Waals surface area (Å²) in [7, 11) is 0. The Labute approximate surface area is 116 Å². The molecule has 1 saturated heterocycles. The van der Waals surface area contributed by atoms with E-state index in [0.29, 0.717) is 0 Å². The van der Waals surface area contributed by atoms with Crippen molar-refractivity contribution in [3.8, 4) is 0 Å². The molecule has 2 aliphatic rings. The fourth-order valence-electron chi connectivity index (χ4n) is 4.04. The smallest absolute Gasteiger partial charge is 0.0764 e. The molecule has 2 fully saturated rings. The molecule has 104 valence electrons. The molecule has 0 radical (unpaired) electrons. The van der Waals surface area contributed by atoms with Gasteiger partial charge in [0.1, 0.15) is 0 Å². The molecule has 1 saturated carbocycles. The van der Waals surface area contributed by atoms with Crippen molar-refractivity contribution in [3.05, 3.63) is 35.9 Å². The predicted molar refractivity (Wildman–Crippen MR) is 78.2 cm³/mol. The van der Waals surface area contributed by atoms with Gasteiger partial charge in [0.15, 0.2) is 0 Å². The van der Waals surface area contributed by atoms with E-state index in [4.69, 9.17) is 0 Å². The SMILES string of the molecule is OC(Cc1ccccc1)C1(N2CCCC2)CCCC1. The second kappa shape index (κ2) is 5.64. The van der Waals surface area contributed by atoms with Crippen molar-refractivity contribution in [2.45, 2.75) is 56.6 Å². The van der Waals surface area contributed by atoms with E-state index in [1.807, 2.05) is 6.07 Å². The average molecular weight is 259 g/mol. The molecule has 0 amide bonds. The Kier molecular flexibility index (Phi) is 3.90. The Balaban J connectivity index is 1.76. The van der Waals surface area contributed by atoms with E-state index in [2.05, 4.69) is 29.2 Å². The Morgan fingerprint density at radius 3 is 2.26 bits per heavy atom. The van der Waals surface area contributed by atoms with Gasteiger partial charge in [-0.25, -0.2) is 0 Å². The Bertz CT molecular complexity index is 391. The number of aliphatic hydroxyl groups is 1. The first-order valence-electron chi connectivity index (χ1n) is 7.78. The van der Waals surface area contributed by atoms with Crippen LogP contribution in [-0.2, 0) is 6.42 Å². The molecule has 2 nitrogen and oxygen atoms in total. The van der Waals surface area contributed by atoms with Crippen molar-refractivity contribution >= 4 is 0 Å². The molecule has 1 atom stereocenters. The van der Waals surface area contributed by atoms with Crippen LogP contribution in [0.15, 0.2) is 30.3 Å². The lowest BCUT2D eigenvalue weighted by molar-refractivity contribution is -0.0171. The molecule has 2 heteroatoms. The normalized spacial score (nSPS) is 24.7. The molecule has 1 aliphatic carbocycles. The Morgan fingerprint density at radius 2 is 1.63 bits per heavy atom. The lowest BCUT2D eigenvalue weighted by Crippen LogP contribution is -2.54. The Hall–Kier alpha value is -0.860. The van der Waals surface area contributed by atoms with Crippen molar-refractivity contribution in [2.24, 2.45) is 0 Å². The lowest BCUT2D eigenvalue weighted by atomic mass is 9.85. The highest BCUT2D eigenvalue weighted by Gasteiger charge is 2.45. The highest BCUT2D eigenvalue weighted by molar-refractivity contribution is 5.17. The summed E-state index contributed by atoms with van der Waals surface area (Å²) in [4.78, 5) is 2.59. The van der Waals surface area contributed by atoms with Gasteiger partial charge in [-0.05, 0) is 44.3 Å². The van der Waals surface area contributed by atoms with Crippen molar-refractivity contribution in [2.75, 3.05) is 13.1 Å². The molecule has 1 aromatic rings. The standard InChI is InChI=1S/C17H25NO/c19-16(14-15-8-2-1-3-9-15)17(10-4-5-11-17)18-12-6-7-13-18/h1-3,8-9,16,19H,4-7,10-14H2. The monoisotopic (exact) mass is 259 g/mol. The van der Waals surface area contributed by atoms with Crippen LogP contribution in [0.25, 0.3) is 0 Å². The van der Waals surface area contributed by atoms with E-state index in [1.165, 1.54) is 57.2 Å². The zero-order valence-corrected chi connectivity index (χ0v) is 11.7. The van der Waals surface area contributed by atoms with E-state index in [1.54, 1.807) is 0 Å². The van der Waals surface area contributed by atoms with E-state index < -0.39 is 0 Å². The number of hydrogen-bond donors (Lipinski definition) is 1. The summed E-state index contributed by atoms with van der Waals surface area (Å²) in [6.07, 6.45) is 8.12. The van der Waals surface area contributed by atoms with Gasteiger partial charge in [-0.1, -0.05) is 43.2 Å². The second-order valence-electron chi connectivity index (χ2n) is 6.21. The first-order valence-corrected chi connectivity index (χ1v) is 7.78. The number of likely N-dealkylation sites (tertiary alicyclic amines) is 1. The third-order valence-corrected chi connectivity index (χ3v) is 5.10. The van der Waals surface area contributed by atoms with Crippen LogP contribution in [0.5, 0.6) is 0 Å². The van der Waals surface area contributed by atoms with E-state index in [9.17, 15) is 5.11 Å². The summed E-state index contributed by atoms with van der Waals surface area (Å²) >= 11 is 0. The minimum atomic E-state index is -0.213. The molecule has 1 heterocycles. The summed E-state index contributed by atoms with van der Waals surface area (Å²) in [5, 5.41) is 10.9. The van der Waals surface area contributed by atoms with Crippen LogP contribution >= 0.6 is 0 Å². The molecule has 0 aromatic heterocycles. The molecule has 1 aromatic carbocycles. The van der Waals surface area contributed by atoms with Gasteiger partial charge in [0.2, 0.25) is 0 Å².